The normalized spacial score (nSPS) is 13.9. The number of alkyl halides is 6. The lowest BCUT2D eigenvalue weighted by atomic mass is 9.99. The molecule has 0 saturated carbocycles. The Morgan fingerprint density at radius 1 is 1.19 bits per heavy atom. The van der Waals surface area contributed by atoms with Gasteiger partial charge in [-0.25, -0.2) is 4.79 Å². The van der Waals surface area contributed by atoms with E-state index in [1.165, 1.54) is 6.07 Å². The number of carbonyl (C=O) groups excluding carboxylic acids is 1. The average Bonchev–Trinajstić information content (AvgIpc) is 2.36. The molecule has 0 aromatic heterocycles. The quantitative estimate of drug-likeness (QED) is 0.685. The van der Waals surface area contributed by atoms with Crippen molar-refractivity contribution >= 4 is 5.97 Å². The number of nitrogens with one attached hydrogen (secondary N) is 1. The number of hydrogen-bond donors (Lipinski definition) is 1. The van der Waals surface area contributed by atoms with Crippen LogP contribution in [-0.4, -0.2) is 25.8 Å². The van der Waals surface area contributed by atoms with Crippen molar-refractivity contribution in [3.63, 3.8) is 0 Å². The number of carbonyl (C=O) groups is 1. The van der Waals surface area contributed by atoms with Crippen LogP contribution in [-0.2, 0) is 15.7 Å². The number of ether oxygens (including phenoxy) is 1. The van der Waals surface area contributed by atoms with Crippen molar-refractivity contribution in [2.24, 2.45) is 0 Å². The third-order valence-electron chi connectivity index (χ3n) is 2.52. The van der Waals surface area contributed by atoms with E-state index in [4.69, 9.17) is 0 Å². The SMILES string of the molecule is COC(=O)C(NCC(F)(F)F)c1ccccc1C(F)(F)F. The van der Waals surface area contributed by atoms with Crippen molar-refractivity contribution in [1.82, 2.24) is 5.32 Å². The van der Waals surface area contributed by atoms with Gasteiger partial charge in [0.25, 0.3) is 0 Å². The molecule has 0 spiro atoms. The summed E-state index contributed by atoms with van der Waals surface area (Å²) in [7, 11) is 0.876. The smallest absolute Gasteiger partial charge is 0.416 e. The van der Waals surface area contributed by atoms with Crippen molar-refractivity contribution in [3.05, 3.63) is 35.4 Å². The molecule has 118 valence electrons. The summed E-state index contributed by atoms with van der Waals surface area (Å²) in [5, 5.41) is 1.74. The first-order valence-electron chi connectivity index (χ1n) is 5.60. The standard InChI is InChI=1S/C12H11F6NO2/c1-21-10(20)9(19-6-11(13,14)15)7-4-2-3-5-8(7)12(16,17)18/h2-5,9,19H,6H2,1H3. The fraction of sp³-hybridized carbons (Fsp3) is 0.417. The molecule has 0 bridgehead atoms. The molecule has 0 aliphatic carbocycles. The molecule has 0 fully saturated rings. The Bertz CT molecular complexity index is 497. The van der Waals surface area contributed by atoms with Crippen LogP contribution in [0, 0.1) is 0 Å². The number of rotatable bonds is 4. The van der Waals surface area contributed by atoms with Crippen LogP contribution in [0.5, 0.6) is 0 Å². The van der Waals surface area contributed by atoms with Gasteiger partial charge in [-0.2, -0.15) is 26.3 Å². The summed E-state index contributed by atoms with van der Waals surface area (Å²) in [6.07, 6.45) is -9.48. The second-order valence-corrected chi connectivity index (χ2v) is 4.04. The number of esters is 1. The van der Waals surface area contributed by atoms with Crippen molar-refractivity contribution in [2.75, 3.05) is 13.7 Å². The molecule has 9 heteroatoms. The van der Waals surface area contributed by atoms with Gasteiger partial charge < -0.3 is 4.74 Å². The molecule has 1 rings (SSSR count). The Morgan fingerprint density at radius 3 is 2.24 bits per heavy atom. The van der Waals surface area contributed by atoms with Gasteiger partial charge in [0.1, 0.15) is 6.04 Å². The largest absolute Gasteiger partial charge is 0.468 e. The fourth-order valence-corrected chi connectivity index (χ4v) is 1.66. The lowest BCUT2D eigenvalue weighted by molar-refractivity contribution is -0.148. The molecular weight excluding hydrogens is 304 g/mol. The molecule has 21 heavy (non-hydrogen) atoms. The molecular formula is C12H11F6NO2. The predicted molar refractivity (Wildman–Crippen MR) is 60.3 cm³/mol. The summed E-state index contributed by atoms with van der Waals surface area (Å²) in [5.41, 5.74) is -1.82. The highest BCUT2D eigenvalue weighted by molar-refractivity contribution is 5.78. The second kappa shape index (κ2) is 6.33. The van der Waals surface area contributed by atoms with Gasteiger partial charge in [-0.15, -0.1) is 0 Å². The van der Waals surface area contributed by atoms with E-state index in [0.29, 0.717) is 6.07 Å². The molecule has 1 N–H and O–H groups in total. The average molecular weight is 315 g/mol. The van der Waals surface area contributed by atoms with Gasteiger partial charge in [0.15, 0.2) is 0 Å². The van der Waals surface area contributed by atoms with Crippen molar-refractivity contribution in [3.8, 4) is 0 Å². The summed E-state index contributed by atoms with van der Waals surface area (Å²) < 4.78 is 79.4. The fourth-order valence-electron chi connectivity index (χ4n) is 1.66. The summed E-state index contributed by atoms with van der Waals surface area (Å²) >= 11 is 0. The van der Waals surface area contributed by atoms with Crippen LogP contribution in [0.4, 0.5) is 26.3 Å². The lowest BCUT2D eigenvalue weighted by Crippen LogP contribution is -2.37. The van der Waals surface area contributed by atoms with E-state index >= 15 is 0 Å². The maximum absolute atomic E-state index is 12.8. The van der Waals surface area contributed by atoms with Gasteiger partial charge in [0.2, 0.25) is 0 Å². The summed E-state index contributed by atoms with van der Waals surface area (Å²) in [4.78, 5) is 11.5. The zero-order chi connectivity index (χ0) is 16.3. The maximum Gasteiger partial charge on any atom is 0.416 e. The topological polar surface area (TPSA) is 38.3 Å². The number of halogens is 6. The first-order chi connectivity index (χ1) is 9.56. The monoisotopic (exact) mass is 315 g/mol. The molecule has 0 aliphatic heterocycles. The number of methoxy groups -OCH3 is 1. The van der Waals surface area contributed by atoms with E-state index in [9.17, 15) is 31.1 Å². The molecule has 0 saturated heterocycles. The van der Waals surface area contributed by atoms with E-state index < -0.39 is 42.0 Å². The molecule has 1 atom stereocenters. The first kappa shape index (κ1) is 17.3. The molecule has 1 aromatic rings. The molecule has 0 heterocycles. The van der Waals surface area contributed by atoms with Crippen LogP contribution in [0.25, 0.3) is 0 Å². The van der Waals surface area contributed by atoms with Gasteiger partial charge in [-0.3, -0.25) is 5.32 Å². The van der Waals surface area contributed by atoms with Crippen LogP contribution in [0.2, 0.25) is 0 Å². The van der Waals surface area contributed by atoms with E-state index in [-0.39, 0.29) is 0 Å². The predicted octanol–water partition coefficient (Wildman–Crippen LogP) is 3.07. The van der Waals surface area contributed by atoms with E-state index in [1.54, 1.807) is 5.32 Å². The highest BCUT2D eigenvalue weighted by Gasteiger charge is 2.38. The van der Waals surface area contributed by atoms with Gasteiger partial charge in [-0.05, 0) is 11.6 Å². The molecule has 0 aliphatic rings. The zero-order valence-corrected chi connectivity index (χ0v) is 10.7. The van der Waals surface area contributed by atoms with Crippen LogP contribution < -0.4 is 5.32 Å². The number of hydrogen-bond acceptors (Lipinski definition) is 3. The summed E-state index contributed by atoms with van der Waals surface area (Å²) in [6, 6.07) is 2.00. The van der Waals surface area contributed by atoms with Crippen LogP contribution in [0.15, 0.2) is 24.3 Å². The van der Waals surface area contributed by atoms with E-state index in [2.05, 4.69) is 4.74 Å². The van der Waals surface area contributed by atoms with Crippen LogP contribution >= 0.6 is 0 Å². The Hall–Kier alpha value is -1.77. The van der Waals surface area contributed by atoms with Gasteiger partial charge in [-0.1, -0.05) is 18.2 Å². The lowest BCUT2D eigenvalue weighted by Gasteiger charge is -2.21. The maximum atomic E-state index is 12.8. The zero-order valence-electron chi connectivity index (χ0n) is 10.7. The Morgan fingerprint density at radius 2 is 1.76 bits per heavy atom. The van der Waals surface area contributed by atoms with E-state index in [0.717, 1.165) is 19.2 Å². The minimum absolute atomic E-state index is 0.624. The minimum atomic E-state index is -4.80. The Labute approximate surface area is 115 Å². The molecule has 3 nitrogen and oxygen atoms in total. The first-order valence-corrected chi connectivity index (χ1v) is 5.60. The third kappa shape index (κ3) is 4.92. The molecule has 1 unspecified atom stereocenters. The highest BCUT2D eigenvalue weighted by atomic mass is 19.4. The third-order valence-corrected chi connectivity index (χ3v) is 2.52. The second-order valence-electron chi connectivity index (χ2n) is 4.04. The van der Waals surface area contributed by atoms with Crippen molar-refractivity contribution in [1.29, 1.82) is 0 Å². The van der Waals surface area contributed by atoms with Gasteiger partial charge in [0.05, 0.1) is 19.2 Å². The van der Waals surface area contributed by atoms with Crippen LogP contribution in [0.3, 0.4) is 0 Å². The molecule has 1 aromatic carbocycles. The minimum Gasteiger partial charge on any atom is -0.468 e. The summed E-state index contributed by atoms with van der Waals surface area (Å²) in [6.45, 7) is -1.63. The number of benzene rings is 1. The Kier molecular flexibility index (Phi) is 5.21. The van der Waals surface area contributed by atoms with E-state index in [1.807, 2.05) is 0 Å². The van der Waals surface area contributed by atoms with Crippen molar-refractivity contribution in [2.45, 2.75) is 18.4 Å². The molecule has 0 amide bonds. The van der Waals surface area contributed by atoms with Crippen LogP contribution in [0.1, 0.15) is 17.2 Å². The Balaban J connectivity index is 3.18. The van der Waals surface area contributed by atoms with Crippen molar-refractivity contribution < 1.29 is 35.9 Å². The summed E-state index contributed by atoms with van der Waals surface area (Å²) in [5.74, 6) is -1.24. The van der Waals surface area contributed by atoms with Gasteiger partial charge >= 0.3 is 18.3 Å². The highest BCUT2D eigenvalue weighted by Crippen LogP contribution is 2.35. The molecule has 0 radical (unpaired) electrons. The van der Waals surface area contributed by atoms with Gasteiger partial charge in [0, 0.05) is 0 Å².